The van der Waals surface area contributed by atoms with Crippen LogP contribution in [0.25, 0.3) is 0 Å². The number of nitrogens with zero attached hydrogens (tertiary/aromatic N) is 2. The third-order valence-corrected chi connectivity index (χ3v) is 6.75. The molecule has 0 spiro atoms. The van der Waals surface area contributed by atoms with Gasteiger partial charge in [0.2, 0.25) is 16.8 Å². The molecule has 1 aliphatic rings. The van der Waals surface area contributed by atoms with E-state index in [4.69, 9.17) is 9.47 Å². The molecule has 0 bridgehead atoms. The van der Waals surface area contributed by atoms with Crippen molar-refractivity contribution in [2.45, 2.75) is 31.8 Å². The number of piperazine rings is 1. The van der Waals surface area contributed by atoms with Crippen molar-refractivity contribution in [1.29, 1.82) is 0 Å². The van der Waals surface area contributed by atoms with Gasteiger partial charge in [-0.3, -0.25) is 4.79 Å². The minimum Gasteiger partial charge on any atom is -0.491 e. The molecular formula is C22H28N2O6S. The Morgan fingerprint density at radius 2 is 1.68 bits per heavy atom. The molecule has 0 N–H and O–H groups in total. The maximum absolute atomic E-state index is 13.0. The van der Waals surface area contributed by atoms with E-state index in [9.17, 15) is 13.2 Å². The van der Waals surface area contributed by atoms with E-state index >= 15 is 0 Å². The Morgan fingerprint density at radius 3 is 2.29 bits per heavy atom. The molecule has 0 amide bonds. The molecule has 0 aromatic heterocycles. The molecule has 31 heavy (non-hydrogen) atoms. The van der Waals surface area contributed by atoms with Gasteiger partial charge in [0.05, 0.1) is 11.0 Å². The highest BCUT2D eigenvalue weighted by atomic mass is 32.2. The zero-order valence-corrected chi connectivity index (χ0v) is 18.8. The van der Waals surface area contributed by atoms with Gasteiger partial charge in [-0.05, 0) is 62.7 Å². The molecule has 8 nitrogen and oxygen atoms in total. The van der Waals surface area contributed by atoms with Crippen LogP contribution in [0, 0.1) is 6.92 Å². The van der Waals surface area contributed by atoms with E-state index in [1.807, 2.05) is 39.0 Å². The number of rotatable bonds is 9. The summed E-state index contributed by atoms with van der Waals surface area (Å²) < 4.78 is 43.2. The Kier molecular flexibility index (Phi) is 7.40. The number of hydrogen-bond acceptors (Lipinski definition) is 7. The van der Waals surface area contributed by atoms with Crippen LogP contribution in [-0.4, -0.2) is 58.3 Å². The van der Waals surface area contributed by atoms with Gasteiger partial charge >= 0.3 is 0 Å². The minimum absolute atomic E-state index is 0.0284. The van der Waals surface area contributed by atoms with Crippen molar-refractivity contribution >= 4 is 22.2 Å². The summed E-state index contributed by atoms with van der Waals surface area (Å²) >= 11 is 0. The highest BCUT2D eigenvalue weighted by molar-refractivity contribution is 7.89. The van der Waals surface area contributed by atoms with E-state index in [1.54, 1.807) is 24.3 Å². The van der Waals surface area contributed by atoms with Crippen LogP contribution >= 0.6 is 0 Å². The summed E-state index contributed by atoms with van der Waals surface area (Å²) in [6.45, 7) is 7.85. The molecule has 168 valence electrons. The van der Waals surface area contributed by atoms with Crippen molar-refractivity contribution in [3.63, 3.8) is 0 Å². The number of carbonyl (C=O) groups excluding carboxylic acids is 1. The number of hydrogen-bond donors (Lipinski definition) is 0. The van der Waals surface area contributed by atoms with Crippen molar-refractivity contribution in [2.24, 2.45) is 0 Å². The molecule has 2 aromatic carbocycles. The zero-order valence-electron chi connectivity index (χ0n) is 18.0. The van der Waals surface area contributed by atoms with Gasteiger partial charge in [-0.2, -0.15) is 4.31 Å². The Morgan fingerprint density at radius 1 is 1.00 bits per heavy atom. The standard InChI is InChI=1S/C22H28N2O6S/c1-17(2)30-20-4-6-22(7-5-20)31(26,27)24-10-8-23(9-11-24)19-12-18(3)13-21(14-19)29-16-28-15-25/h4-7,12-15,17H,8-11,16H2,1-3H3. The van der Waals surface area contributed by atoms with E-state index in [2.05, 4.69) is 9.64 Å². The van der Waals surface area contributed by atoms with E-state index in [0.717, 1.165) is 11.3 Å². The smallest absolute Gasteiger partial charge is 0.295 e. The van der Waals surface area contributed by atoms with Crippen LogP contribution in [0.5, 0.6) is 11.5 Å². The first-order valence-corrected chi connectivity index (χ1v) is 11.5. The number of anilines is 1. The van der Waals surface area contributed by atoms with Gasteiger partial charge in [0, 0.05) is 37.9 Å². The second-order valence-corrected chi connectivity index (χ2v) is 9.50. The van der Waals surface area contributed by atoms with Gasteiger partial charge in [0.1, 0.15) is 11.5 Å². The molecule has 0 saturated carbocycles. The lowest BCUT2D eigenvalue weighted by atomic mass is 10.2. The normalized spacial score (nSPS) is 15.0. The fraction of sp³-hybridized carbons (Fsp3) is 0.409. The molecule has 0 aliphatic carbocycles. The molecule has 0 atom stereocenters. The van der Waals surface area contributed by atoms with E-state index in [0.29, 0.717) is 44.2 Å². The fourth-order valence-electron chi connectivity index (χ4n) is 3.42. The van der Waals surface area contributed by atoms with Crippen molar-refractivity contribution < 1.29 is 27.4 Å². The lowest BCUT2D eigenvalue weighted by Gasteiger charge is -2.35. The maximum atomic E-state index is 13.0. The Bertz CT molecular complexity index is 984. The first-order chi connectivity index (χ1) is 14.8. The quantitative estimate of drug-likeness (QED) is 0.331. The van der Waals surface area contributed by atoms with Crippen molar-refractivity contribution in [1.82, 2.24) is 4.31 Å². The van der Waals surface area contributed by atoms with E-state index in [1.165, 1.54) is 4.31 Å². The summed E-state index contributed by atoms with van der Waals surface area (Å²) in [6.07, 6.45) is 0.0284. The molecule has 0 unspecified atom stereocenters. The SMILES string of the molecule is Cc1cc(OCOC=O)cc(N2CCN(S(=O)(=O)c3ccc(OC(C)C)cc3)CC2)c1. The highest BCUT2D eigenvalue weighted by Crippen LogP contribution is 2.27. The average Bonchev–Trinajstić information content (AvgIpc) is 2.74. The van der Waals surface area contributed by atoms with Crippen molar-refractivity contribution in [3.8, 4) is 11.5 Å². The summed E-state index contributed by atoms with van der Waals surface area (Å²) in [5.41, 5.74) is 1.94. The topological polar surface area (TPSA) is 85.4 Å². The largest absolute Gasteiger partial charge is 0.491 e. The Labute approximate surface area is 183 Å². The molecule has 9 heteroatoms. The zero-order chi connectivity index (χ0) is 22.4. The molecule has 1 aliphatic heterocycles. The fourth-order valence-corrected chi connectivity index (χ4v) is 4.84. The Hall–Kier alpha value is -2.78. The molecule has 0 radical (unpaired) electrons. The van der Waals surface area contributed by atoms with Crippen LogP contribution in [-0.2, 0) is 19.6 Å². The average molecular weight is 449 g/mol. The number of carbonyl (C=O) groups is 1. The molecule has 1 fully saturated rings. The van der Waals surface area contributed by atoms with Crippen LogP contribution in [0.4, 0.5) is 5.69 Å². The second-order valence-electron chi connectivity index (χ2n) is 7.56. The van der Waals surface area contributed by atoms with Crippen molar-refractivity contribution in [3.05, 3.63) is 48.0 Å². The third kappa shape index (κ3) is 5.89. The van der Waals surface area contributed by atoms with Crippen LogP contribution in [0.15, 0.2) is 47.4 Å². The third-order valence-electron chi connectivity index (χ3n) is 4.83. The minimum atomic E-state index is -3.57. The molecule has 3 rings (SSSR count). The number of sulfonamides is 1. The first-order valence-electron chi connectivity index (χ1n) is 10.1. The molecule has 2 aromatic rings. The van der Waals surface area contributed by atoms with Crippen LogP contribution in [0.3, 0.4) is 0 Å². The summed E-state index contributed by atoms with van der Waals surface area (Å²) in [6, 6.07) is 12.3. The predicted octanol–water partition coefficient (Wildman–Crippen LogP) is 2.80. The summed E-state index contributed by atoms with van der Waals surface area (Å²) in [5.74, 6) is 1.24. The van der Waals surface area contributed by atoms with Gasteiger partial charge in [0.15, 0.2) is 0 Å². The molecule has 1 saturated heterocycles. The summed E-state index contributed by atoms with van der Waals surface area (Å²) in [4.78, 5) is 12.7. The van der Waals surface area contributed by atoms with E-state index < -0.39 is 10.0 Å². The van der Waals surface area contributed by atoms with Crippen LogP contribution in [0.1, 0.15) is 19.4 Å². The Balaban J connectivity index is 1.65. The summed E-state index contributed by atoms with van der Waals surface area (Å²) in [5, 5.41) is 0. The van der Waals surface area contributed by atoms with E-state index in [-0.39, 0.29) is 17.8 Å². The summed E-state index contributed by atoms with van der Waals surface area (Å²) in [7, 11) is -3.57. The van der Waals surface area contributed by atoms with Gasteiger partial charge in [0.25, 0.3) is 6.47 Å². The predicted molar refractivity (Wildman–Crippen MR) is 117 cm³/mol. The second kappa shape index (κ2) is 10.0. The maximum Gasteiger partial charge on any atom is 0.295 e. The van der Waals surface area contributed by atoms with Gasteiger partial charge in [-0.1, -0.05) is 0 Å². The number of ether oxygens (including phenoxy) is 3. The van der Waals surface area contributed by atoms with Crippen LogP contribution < -0.4 is 14.4 Å². The number of aryl methyl sites for hydroxylation is 1. The molecule has 1 heterocycles. The lowest BCUT2D eigenvalue weighted by molar-refractivity contribution is -0.134. The first kappa shape index (κ1) is 22.9. The van der Waals surface area contributed by atoms with Gasteiger partial charge < -0.3 is 19.1 Å². The monoisotopic (exact) mass is 448 g/mol. The van der Waals surface area contributed by atoms with Gasteiger partial charge in [-0.25, -0.2) is 8.42 Å². The van der Waals surface area contributed by atoms with Crippen molar-refractivity contribution in [2.75, 3.05) is 37.9 Å². The van der Waals surface area contributed by atoms with Crippen LogP contribution in [0.2, 0.25) is 0 Å². The highest BCUT2D eigenvalue weighted by Gasteiger charge is 2.28. The lowest BCUT2D eigenvalue weighted by Crippen LogP contribution is -2.48. The number of benzene rings is 2. The van der Waals surface area contributed by atoms with Gasteiger partial charge in [-0.15, -0.1) is 0 Å². The molecular weight excluding hydrogens is 420 g/mol.